The van der Waals surface area contributed by atoms with Gasteiger partial charge in [-0.15, -0.1) is 0 Å². The molecule has 5 aromatic rings. The number of fused-ring (bicyclic) bond motifs is 1. The third-order valence-electron chi connectivity index (χ3n) is 7.77. The van der Waals surface area contributed by atoms with Gasteiger partial charge in [-0.25, -0.2) is 9.37 Å². The number of imidazole rings is 1. The van der Waals surface area contributed by atoms with Crippen LogP contribution in [-0.4, -0.2) is 54.0 Å². The number of methoxy groups -OCH3 is 1. The number of rotatable bonds is 8. The highest BCUT2D eigenvalue weighted by Gasteiger charge is 2.54. The predicted molar refractivity (Wildman–Crippen MR) is 166 cm³/mol. The van der Waals surface area contributed by atoms with Crippen molar-refractivity contribution in [3.63, 3.8) is 0 Å². The molecule has 3 N–H and O–H groups in total. The number of halogens is 2. The van der Waals surface area contributed by atoms with E-state index in [4.69, 9.17) is 14.5 Å². The molecule has 0 spiro atoms. The topological polar surface area (TPSA) is 114 Å². The molecule has 42 heavy (non-hydrogen) atoms. The number of benzene rings is 3. The van der Waals surface area contributed by atoms with Gasteiger partial charge < -0.3 is 19.9 Å². The smallest absolute Gasteiger partial charge is 0.280 e. The van der Waals surface area contributed by atoms with E-state index in [1.165, 1.54) is 17.8 Å². The number of aromatic nitrogens is 4. The number of aromatic amines is 1. The number of hydrogen-bond acceptors (Lipinski definition) is 7. The molecule has 0 saturated carbocycles. The summed E-state index contributed by atoms with van der Waals surface area (Å²) in [5.74, 6) is 0.850. The first-order chi connectivity index (χ1) is 20.3. The van der Waals surface area contributed by atoms with Crippen molar-refractivity contribution in [2.45, 2.75) is 36.6 Å². The van der Waals surface area contributed by atoms with Crippen molar-refractivity contribution in [1.29, 1.82) is 0 Å². The second kappa shape index (κ2) is 11.1. The van der Waals surface area contributed by atoms with Crippen molar-refractivity contribution in [2.75, 3.05) is 16.9 Å². The number of nitrogens with zero attached hydrogens (tertiary/aromatic N) is 3. The van der Waals surface area contributed by atoms with Crippen molar-refractivity contribution >= 4 is 39.7 Å². The molecular weight excluding hydrogens is 652 g/mol. The number of alkyl halides is 2. The Morgan fingerprint density at radius 1 is 1.07 bits per heavy atom. The van der Waals surface area contributed by atoms with E-state index in [0.29, 0.717) is 10.2 Å². The minimum Gasteiger partial charge on any atom is -0.497 e. The molecular formula is C31H29FIN5O4. The monoisotopic (exact) mass is 681 g/mol. The first-order valence-corrected chi connectivity index (χ1v) is 14.9. The van der Waals surface area contributed by atoms with Gasteiger partial charge in [0.05, 0.1) is 13.4 Å². The van der Waals surface area contributed by atoms with E-state index in [0.717, 1.165) is 16.7 Å². The first-order valence-electron chi connectivity index (χ1n) is 13.4. The number of H-pyrrole nitrogens is 1. The molecule has 11 heteroatoms. The van der Waals surface area contributed by atoms with Crippen molar-refractivity contribution in [3.8, 4) is 5.75 Å². The van der Waals surface area contributed by atoms with E-state index in [9.17, 15) is 9.90 Å². The Morgan fingerprint density at radius 3 is 2.21 bits per heavy atom. The molecule has 3 heterocycles. The molecule has 0 radical (unpaired) electrons. The summed E-state index contributed by atoms with van der Waals surface area (Å²) < 4.78 is 28.2. The van der Waals surface area contributed by atoms with Gasteiger partial charge in [0.1, 0.15) is 23.0 Å². The molecule has 4 atom stereocenters. The van der Waals surface area contributed by atoms with Crippen LogP contribution in [0.4, 0.5) is 10.3 Å². The summed E-state index contributed by atoms with van der Waals surface area (Å²) in [5, 5.41) is 14.6. The number of nitrogens with one attached hydrogen (secondary N) is 2. The molecule has 6 rings (SSSR count). The van der Waals surface area contributed by atoms with Crippen LogP contribution in [0.15, 0.2) is 96.1 Å². The highest BCUT2D eigenvalue weighted by molar-refractivity contribution is 14.1. The number of hydrogen-bond donors (Lipinski definition) is 3. The van der Waals surface area contributed by atoms with Gasteiger partial charge in [0.2, 0.25) is 5.95 Å². The molecule has 1 aliphatic heterocycles. The maximum absolute atomic E-state index is 15.1. The Hall–Kier alpha value is -3.81. The lowest BCUT2D eigenvalue weighted by Gasteiger charge is -2.37. The Morgan fingerprint density at radius 2 is 1.67 bits per heavy atom. The molecule has 0 amide bonds. The molecule has 2 aromatic heterocycles. The minimum atomic E-state index is -1.86. The van der Waals surface area contributed by atoms with Gasteiger partial charge in [0.15, 0.2) is 23.6 Å². The predicted octanol–water partition coefficient (Wildman–Crippen LogP) is 4.95. The number of anilines is 1. The maximum atomic E-state index is 15.1. The molecule has 216 valence electrons. The fourth-order valence-electron chi connectivity index (χ4n) is 5.61. The first kappa shape index (κ1) is 28.3. The molecule has 1 saturated heterocycles. The third-order valence-corrected chi connectivity index (χ3v) is 8.64. The summed E-state index contributed by atoms with van der Waals surface area (Å²) in [6.07, 6.45) is -2.23. The normalized spacial score (nSPS) is 22.4. The Bertz CT molecular complexity index is 1710. The van der Waals surface area contributed by atoms with E-state index in [1.54, 1.807) is 7.11 Å². The summed E-state index contributed by atoms with van der Waals surface area (Å²) in [7, 11) is 1.61. The van der Waals surface area contributed by atoms with Crippen LogP contribution < -0.4 is 15.6 Å². The lowest BCUT2D eigenvalue weighted by molar-refractivity contribution is -0.0839. The molecule has 3 aromatic carbocycles. The standard InChI is InChI=1S/C31H29FIN5O4/c1-30(40)25(32)23(17-33)42-28(30)38-18-34-24-26(38)35-29(36-27(24)39)37-31(19-9-5-3-6-10-19,20-11-7-4-8-12-20)21-13-15-22(41-2)16-14-21/h3-16,18,23,25,28,40H,17H2,1-2H3,(H2,35,36,37,39)/t23-,25-,28-,30-/m1/s1. The summed E-state index contributed by atoms with van der Waals surface area (Å²) >= 11 is 2.02. The minimum absolute atomic E-state index is 0.0442. The highest BCUT2D eigenvalue weighted by atomic mass is 127. The fourth-order valence-corrected chi connectivity index (χ4v) is 6.27. The summed E-state index contributed by atoms with van der Waals surface area (Å²) in [6, 6.07) is 27.3. The van der Waals surface area contributed by atoms with Gasteiger partial charge in [-0.1, -0.05) is 95.4 Å². The lowest BCUT2D eigenvalue weighted by atomic mass is 9.77. The average Bonchev–Trinajstić information content (AvgIpc) is 3.54. The SMILES string of the molecule is COc1ccc(C(Nc2nc3c(ncn3[C@@H]3O[C@H](CI)[C@@H](F)[C@@]3(C)O)c(=O)[nH]2)(c2ccccc2)c2ccccc2)cc1. The third kappa shape index (κ3) is 4.65. The van der Waals surface area contributed by atoms with Gasteiger partial charge in [-0.2, -0.15) is 4.98 Å². The van der Waals surface area contributed by atoms with Crippen LogP contribution in [0.2, 0.25) is 0 Å². The fraction of sp³-hybridized carbons (Fsp3) is 0.258. The number of aliphatic hydroxyl groups is 1. The molecule has 0 bridgehead atoms. The van der Waals surface area contributed by atoms with Crippen LogP contribution in [0.5, 0.6) is 5.75 Å². The summed E-state index contributed by atoms with van der Waals surface area (Å²) in [5.41, 5.74) is -0.512. The van der Waals surface area contributed by atoms with Crippen LogP contribution in [0, 0.1) is 0 Å². The Kier molecular flexibility index (Phi) is 7.50. The number of ether oxygens (including phenoxy) is 2. The molecule has 1 fully saturated rings. The van der Waals surface area contributed by atoms with Crippen LogP contribution >= 0.6 is 22.6 Å². The second-order valence-electron chi connectivity index (χ2n) is 10.4. The van der Waals surface area contributed by atoms with Crippen LogP contribution in [0.25, 0.3) is 11.2 Å². The Labute approximate surface area is 254 Å². The maximum Gasteiger partial charge on any atom is 0.280 e. The highest BCUT2D eigenvalue weighted by Crippen LogP contribution is 2.42. The molecule has 0 aliphatic carbocycles. The molecule has 1 aliphatic rings. The van der Waals surface area contributed by atoms with E-state index >= 15 is 4.39 Å². The van der Waals surface area contributed by atoms with Crippen molar-refractivity contribution < 1.29 is 19.0 Å². The zero-order chi connectivity index (χ0) is 29.5. The summed E-state index contributed by atoms with van der Waals surface area (Å²) in [4.78, 5) is 25.2. The molecule has 9 nitrogen and oxygen atoms in total. The second-order valence-corrected chi connectivity index (χ2v) is 11.3. The molecule has 0 unspecified atom stereocenters. The zero-order valence-corrected chi connectivity index (χ0v) is 25.0. The van der Waals surface area contributed by atoms with Crippen LogP contribution in [0.3, 0.4) is 0 Å². The van der Waals surface area contributed by atoms with E-state index in [2.05, 4.69) is 15.3 Å². The van der Waals surface area contributed by atoms with E-state index in [-0.39, 0.29) is 17.1 Å². The quantitative estimate of drug-likeness (QED) is 0.121. The summed E-state index contributed by atoms with van der Waals surface area (Å²) in [6.45, 7) is 1.38. The van der Waals surface area contributed by atoms with Crippen molar-refractivity contribution in [2.24, 2.45) is 0 Å². The van der Waals surface area contributed by atoms with Gasteiger partial charge in [-0.3, -0.25) is 14.3 Å². The Balaban J connectivity index is 1.55. The van der Waals surface area contributed by atoms with Crippen LogP contribution in [0.1, 0.15) is 29.8 Å². The van der Waals surface area contributed by atoms with Crippen LogP contribution in [-0.2, 0) is 10.3 Å². The largest absolute Gasteiger partial charge is 0.497 e. The van der Waals surface area contributed by atoms with Gasteiger partial charge in [0.25, 0.3) is 5.56 Å². The van der Waals surface area contributed by atoms with Gasteiger partial charge in [0, 0.05) is 4.43 Å². The lowest BCUT2D eigenvalue weighted by Crippen LogP contribution is -2.41. The van der Waals surface area contributed by atoms with E-state index in [1.807, 2.05) is 108 Å². The average molecular weight is 682 g/mol. The van der Waals surface area contributed by atoms with Crippen molar-refractivity contribution in [3.05, 3.63) is 118 Å². The van der Waals surface area contributed by atoms with E-state index < -0.39 is 35.2 Å². The van der Waals surface area contributed by atoms with Gasteiger partial charge in [-0.05, 0) is 35.7 Å². The zero-order valence-electron chi connectivity index (χ0n) is 22.9. The van der Waals surface area contributed by atoms with Crippen molar-refractivity contribution in [1.82, 2.24) is 19.5 Å². The van der Waals surface area contributed by atoms with Gasteiger partial charge >= 0.3 is 0 Å².